The Bertz CT molecular complexity index is 337. The number of carboxylic acid groups (broad SMARTS) is 1. The summed E-state index contributed by atoms with van der Waals surface area (Å²) in [5, 5.41) is 8.48. The fraction of sp³-hybridized carbons (Fsp3) is 0.222. The Morgan fingerprint density at radius 3 is 2.79 bits per heavy atom. The van der Waals surface area contributed by atoms with Crippen molar-refractivity contribution in [3.8, 4) is 0 Å². The highest BCUT2D eigenvalue weighted by atomic mass is 16.4. The maximum absolute atomic E-state index is 11.4. The maximum atomic E-state index is 11.4. The molecule has 5 heteroatoms. The molecule has 0 saturated heterocycles. The lowest BCUT2D eigenvalue weighted by Gasteiger charge is -2.04. The van der Waals surface area contributed by atoms with Gasteiger partial charge in [0.2, 0.25) is 0 Å². The molecule has 0 aliphatic heterocycles. The lowest BCUT2D eigenvalue weighted by molar-refractivity contribution is -0.138. The number of nitrogens with two attached hydrogens (primary N) is 1. The van der Waals surface area contributed by atoms with Crippen LogP contribution in [0.25, 0.3) is 0 Å². The second-order valence-corrected chi connectivity index (χ2v) is 2.81. The molecule has 0 fully saturated rings. The maximum Gasteiger partial charge on any atom is 0.320 e. The molecule has 0 spiro atoms. The lowest BCUT2D eigenvalue weighted by Crippen LogP contribution is -2.32. The van der Waals surface area contributed by atoms with E-state index in [-0.39, 0.29) is 12.2 Å². The molecule has 74 valence electrons. The van der Waals surface area contributed by atoms with Crippen molar-refractivity contribution in [2.24, 2.45) is 5.73 Å². The van der Waals surface area contributed by atoms with Gasteiger partial charge in [-0.05, 0) is 12.1 Å². The Morgan fingerprint density at radius 1 is 1.57 bits per heavy atom. The largest absolute Gasteiger partial charge is 0.480 e. The van der Waals surface area contributed by atoms with E-state index in [1.807, 2.05) is 0 Å². The van der Waals surface area contributed by atoms with E-state index in [2.05, 4.69) is 4.98 Å². The van der Waals surface area contributed by atoms with Gasteiger partial charge in [0, 0.05) is 24.4 Å². The number of carboxylic acids is 1. The Balaban J connectivity index is 2.64. The highest BCUT2D eigenvalue weighted by molar-refractivity contribution is 5.98. The molecule has 1 rings (SSSR count). The van der Waals surface area contributed by atoms with E-state index >= 15 is 0 Å². The third-order valence-electron chi connectivity index (χ3n) is 1.71. The van der Waals surface area contributed by atoms with Crippen molar-refractivity contribution in [2.45, 2.75) is 12.5 Å². The molecule has 0 bridgehead atoms. The number of hydrogen-bond donors (Lipinski definition) is 2. The van der Waals surface area contributed by atoms with Gasteiger partial charge < -0.3 is 10.8 Å². The van der Waals surface area contributed by atoms with E-state index in [0.717, 1.165) is 0 Å². The van der Waals surface area contributed by atoms with Crippen LogP contribution in [0.5, 0.6) is 0 Å². The Hall–Kier alpha value is -1.75. The van der Waals surface area contributed by atoms with Crippen LogP contribution >= 0.6 is 0 Å². The number of Topliss-reactive ketones (excluding diaryl/α,β-unsaturated/α-hetero) is 1. The van der Waals surface area contributed by atoms with Crippen LogP contribution in [-0.4, -0.2) is 27.9 Å². The first-order chi connectivity index (χ1) is 6.61. The molecule has 0 saturated carbocycles. The highest BCUT2D eigenvalue weighted by Gasteiger charge is 2.17. The Labute approximate surface area is 80.6 Å². The molecule has 1 atom stereocenters. The van der Waals surface area contributed by atoms with Crippen LogP contribution in [0.1, 0.15) is 16.8 Å². The van der Waals surface area contributed by atoms with Gasteiger partial charge >= 0.3 is 5.97 Å². The first-order valence-electron chi connectivity index (χ1n) is 4.03. The monoisotopic (exact) mass is 194 g/mol. The average molecular weight is 194 g/mol. The van der Waals surface area contributed by atoms with E-state index in [1.165, 1.54) is 12.4 Å². The molecule has 0 unspecified atom stereocenters. The van der Waals surface area contributed by atoms with Gasteiger partial charge in [0.25, 0.3) is 0 Å². The summed E-state index contributed by atoms with van der Waals surface area (Å²) in [7, 11) is 0. The van der Waals surface area contributed by atoms with Crippen LogP contribution in [-0.2, 0) is 4.79 Å². The minimum atomic E-state index is -1.18. The van der Waals surface area contributed by atoms with Gasteiger partial charge in [0.05, 0.1) is 0 Å². The van der Waals surface area contributed by atoms with Crippen LogP contribution in [0.15, 0.2) is 24.5 Å². The standard InChI is InChI=1S/C9H10N2O3/c10-7(9(13)14)4-8(12)6-2-1-3-11-5-6/h1-3,5,7H,4,10H2,(H,13,14)/t7-/m0/s1. The zero-order chi connectivity index (χ0) is 10.6. The topological polar surface area (TPSA) is 93.3 Å². The van der Waals surface area contributed by atoms with Crippen molar-refractivity contribution in [1.29, 1.82) is 0 Å². The number of aromatic nitrogens is 1. The van der Waals surface area contributed by atoms with Gasteiger partial charge in [0.15, 0.2) is 5.78 Å². The summed E-state index contributed by atoms with van der Waals surface area (Å²) in [6, 6.07) is 2.03. The number of aliphatic carboxylic acids is 1. The molecule has 0 amide bonds. The minimum absolute atomic E-state index is 0.207. The summed E-state index contributed by atoms with van der Waals surface area (Å²) in [6.45, 7) is 0. The number of carbonyl (C=O) groups is 2. The number of rotatable bonds is 4. The van der Waals surface area contributed by atoms with Crippen molar-refractivity contribution in [2.75, 3.05) is 0 Å². The summed E-state index contributed by atoms with van der Waals surface area (Å²) in [6.07, 6.45) is 2.71. The van der Waals surface area contributed by atoms with Crippen molar-refractivity contribution < 1.29 is 14.7 Å². The molecule has 0 aliphatic carbocycles. The fourth-order valence-corrected chi connectivity index (χ4v) is 0.933. The quantitative estimate of drug-likeness (QED) is 0.661. The molecule has 0 radical (unpaired) electrons. The fourth-order valence-electron chi connectivity index (χ4n) is 0.933. The predicted octanol–water partition coefficient (Wildman–Crippen LogP) is 0.0663. The summed E-state index contributed by atoms with van der Waals surface area (Å²) in [5.74, 6) is -1.49. The van der Waals surface area contributed by atoms with Crippen molar-refractivity contribution in [3.63, 3.8) is 0 Å². The molecular weight excluding hydrogens is 184 g/mol. The molecule has 1 heterocycles. The van der Waals surface area contributed by atoms with Gasteiger partial charge in [-0.15, -0.1) is 0 Å². The zero-order valence-corrected chi connectivity index (χ0v) is 7.38. The van der Waals surface area contributed by atoms with Crippen LogP contribution in [0.3, 0.4) is 0 Å². The SMILES string of the molecule is N[C@@H](CC(=O)c1cccnc1)C(=O)O. The van der Waals surface area contributed by atoms with E-state index in [4.69, 9.17) is 10.8 Å². The number of ketones is 1. The van der Waals surface area contributed by atoms with Gasteiger partial charge in [-0.1, -0.05) is 0 Å². The summed E-state index contributed by atoms with van der Waals surface area (Å²) >= 11 is 0. The normalized spacial score (nSPS) is 12.1. The van der Waals surface area contributed by atoms with Gasteiger partial charge in [0.1, 0.15) is 6.04 Å². The van der Waals surface area contributed by atoms with Gasteiger partial charge in [-0.2, -0.15) is 0 Å². The Morgan fingerprint density at radius 2 is 2.29 bits per heavy atom. The molecule has 0 aromatic carbocycles. The zero-order valence-electron chi connectivity index (χ0n) is 7.38. The lowest BCUT2D eigenvalue weighted by atomic mass is 10.1. The van der Waals surface area contributed by atoms with E-state index in [0.29, 0.717) is 5.56 Å². The van der Waals surface area contributed by atoms with E-state index in [9.17, 15) is 9.59 Å². The van der Waals surface area contributed by atoms with Crippen LogP contribution in [0.2, 0.25) is 0 Å². The van der Waals surface area contributed by atoms with Crippen molar-refractivity contribution in [1.82, 2.24) is 4.98 Å². The highest BCUT2D eigenvalue weighted by Crippen LogP contribution is 2.02. The molecule has 5 nitrogen and oxygen atoms in total. The third-order valence-corrected chi connectivity index (χ3v) is 1.71. The van der Waals surface area contributed by atoms with Crippen LogP contribution in [0, 0.1) is 0 Å². The summed E-state index contributed by atoms with van der Waals surface area (Å²) in [5.41, 5.74) is 5.59. The predicted molar refractivity (Wildman–Crippen MR) is 48.8 cm³/mol. The molecular formula is C9H10N2O3. The second kappa shape index (κ2) is 4.48. The molecule has 14 heavy (non-hydrogen) atoms. The minimum Gasteiger partial charge on any atom is -0.480 e. The number of carbonyl (C=O) groups excluding carboxylic acids is 1. The molecule has 1 aromatic heterocycles. The smallest absolute Gasteiger partial charge is 0.320 e. The first kappa shape index (κ1) is 10.3. The summed E-state index contributed by atoms with van der Waals surface area (Å²) < 4.78 is 0. The van der Waals surface area contributed by atoms with Gasteiger partial charge in [-0.25, -0.2) is 0 Å². The Kier molecular flexibility index (Phi) is 3.30. The van der Waals surface area contributed by atoms with Crippen LogP contribution in [0.4, 0.5) is 0 Å². The van der Waals surface area contributed by atoms with E-state index in [1.54, 1.807) is 12.1 Å². The molecule has 1 aromatic rings. The van der Waals surface area contributed by atoms with Crippen molar-refractivity contribution in [3.05, 3.63) is 30.1 Å². The van der Waals surface area contributed by atoms with Gasteiger partial charge in [-0.3, -0.25) is 14.6 Å². The third kappa shape index (κ3) is 2.63. The molecule has 3 N–H and O–H groups in total. The second-order valence-electron chi connectivity index (χ2n) is 2.81. The average Bonchev–Trinajstić information content (AvgIpc) is 2.19. The first-order valence-corrected chi connectivity index (χ1v) is 4.03. The number of pyridine rings is 1. The number of hydrogen-bond acceptors (Lipinski definition) is 4. The van der Waals surface area contributed by atoms with E-state index < -0.39 is 12.0 Å². The van der Waals surface area contributed by atoms with Crippen LogP contribution < -0.4 is 5.73 Å². The van der Waals surface area contributed by atoms with Crippen molar-refractivity contribution >= 4 is 11.8 Å². The molecule has 0 aliphatic rings. The summed E-state index contributed by atoms with van der Waals surface area (Å²) in [4.78, 5) is 25.5. The number of nitrogens with zero attached hydrogens (tertiary/aromatic N) is 1.